The summed E-state index contributed by atoms with van der Waals surface area (Å²) >= 11 is 0. The van der Waals surface area contributed by atoms with Crippen LogP contribution in [0.15, 0.2) is 24.5 Å². The molecule has 1 aromatic carbocycles. The van der Waals surface area contributed by atoms with Gasteiger partial charge in [-0.1, -0.05) is 0 Å². The zero-order chi connectivity index (χ0) is 20.9. The molecule has 1 unspecified atom stereocenters. The van der Waals surface area contributed by atoms with Gasteiger partial charge in [0.05, 0.1) is 11.3 Å². The highest BCUT2D eigenvalue weighted by Gasteiger charge is 2.55. The molecule has 1 atom stereocenters. The van der Waals surface area contributed by atoms with E-state index in [-0.39, 0.29) is 0 Å². The van der Waals surface area contributed by atoms with Gasteiger partial charge in [-0.05, 0) is 93.6 Å². The maximum absolute atomic E-state index is 9.46. The highest BCUT2D eigenvalue weighted by atomic mass is 15.2. The third kappa shape index (κ3) is 3.39. The molecule has 1 N–H and O–H groups in total. The van der Waals surface area contributed by atoms with Crippen LogP contribution in [0.5, 0.6) is 0 Å². The van der Waals surface area contributed by atoms with E-state index in [2.05, 4.69) is 37.2 Å². The Morgan fingerprint density at radius 3 is 2.45 bits per heavy atom. The van der Waals surface area contributed by atoms with Gasteiger partial charge in [-0.3, -0.25) is 9.97 Å². The Balaban J connectivity index is 1.18. The van der Waals surface area contributed by atoms with Crippen LogP contribution in [0.2, 0.25) is 0 Å². The van der Waals surface area contributed by atoms with Gasteiger partial charge in [0.15, 0.2) is 0 Å². The first-order chi connectivity index (χ1) is 15.2. The van der Waals surface area contributed by atoms with E-state index in [0.29, 0.717) is 16.4 Å². The Bertz CT molecular complexity index is 1010. The summed E-state index contributed by atoms with van der Waals surface area (Å²) in [5.41, 5.74) is 4.50. The molecule has 2 aromatic rings. The lowest BCUT2D eigenvalue weighted by Crippen LogP contribution is -2.47. The molecule has 4 heterocycles. The molecule has 4 fully saturated rings. The predicted octanol–water partition coefficient (Wildman–Crippen LogP) is 3.18. The summed E-state index contributed by atoms with van der Waals surface area (Å²) in [6, 6.07) is 6.28. The second kappa shape index (κ2) is 7.43. The fraction of sp³-hybridized carbons (Fsp3) is 0.640. The summed E-state index contributed by atoms with van der Waals surface area (Å²) < 4.78 is 0. The van der Waals surface area contributed by atoms with Crippen molar-refractivity contribution >= 4 is 16.7 Å². The molecule has 4 aliphatic rings. The average Bonchev–Trinajstić information content (AvgIpc) is 3.51. The molecule has 3 saturated heterocycles. The number of nitrogens with zero attached hydrogens (tertiary/aromatic N) is 5. The number of piperidine rings is 2. The van der Waals surface area contributed by atoms with Gasteiger partial charge in [0.25, 0.3) is 0 Å². The van der Waals surface area contributed by atoms with Crippen LogP contribution < -0.4 is 10.2 Å². The molecule has 1 aromatic heterocycles. The minimum absolute atomic E-state index is 0.492. The molecule has 0 amide bonds. The molecular weight excluding hydrogens is 384 g/mol. The van der Waals surface area contributed by atoms with Gasteiger partial charge < -0.3 is 15.1 Å². The van der Waals surface area contributed by atoms with Crippen LogP contribution in [0.4, 0.5) is 5.69 Å². The first kappa shape index (κ1) is 19.5. The fourth-order valence-corrected chi connectivity index (χ4v) is 6.56. The quantitative estimate of drug-likeness (QED) is 0.829. The lowest BCUT2D eigenvalue weighted by molar-refractivity contribution is 0.0618. The highest BCUT2D eigenvalue weighted by molar-refractivity contribution is 5.92. The second-order valence-corrected chi connectivity index (χ2v) is 10.5. The van der Waals surface area contributed by atoms with Crippen molar-refractivity contribution in [3.63, 3.8) is 0 Å². The summed E-state index contributed by atoms with van der Waals surface area (Å²) in [4.78, 5) is 14.4. The number of anilines is 1. The third-order valence-corrected chi connectivity index (χ3v) is 8.83. The number of hydrogen-bond acceptors (Lipinski definition) is 6. The number of rotatable bonds is 3. The van der Waals surface area contributed by atoms with Gasteiger partial charge in [-0.15, -0.1) is 0 Å². The van der Waals surface area contributed by atoms with Crippen molar-refractivity contribution in [3.8, 4) is 6.07 Å². The number of nitriles is 1. The van der Waals surface area contributed by atoms with Crippen molar-refractivity contribution in [2.45, 2.75) is 38.5 Å². The Morgan fingerprint density at radius 2 is 1.74 bits per heavy atom. The number of fused-ring (bicyclic) bond motifs is 1. The van der Waals surface area contributed by atoms with Crippen LogP contribution in [-0.4, -0.2) is 60.7 Å². The average molecular weight is 417 g/mol. The maximum Gasteiger partial charge on any atom is 0.113 e. The summed E-state index contributed by atoms with van der Waals surface area (Å²) in [6.45, 7) is 8.44. The maximum atomic E-state index is 9.46. The Morgan fingerprint density at radius 1 is 1.00 bits per heavy atom. The molecule has 0 radical (unpaired) electrons. The van der Waals surface area contributed by atoms with Gasteiger partial charge in [0, 0.05) is 32.0 Å². The normalized spacial score (nSPS) is 27.1. The SMILES string of the molecule is N#Cc1ccc(N2CC(CN3CCC4(CCNCC4)CC3)C3(CC3)C2)c2nccnc12. The van der Waals surface area contributed by atoms with Crippen molar-refractivity contribution in [3.05, 3.63) is 30.1 Å². The fourth-order valence-electron chi connectivity index (χ4n) is 6.56. The monoisotopic (exact) mass is 416 g/mol. The molecular formula is C25H32N6. The zero-order valence-electron chi connectivity index (χ0n) is 18.3. The van der Waals surface area contributed by atoms with Crippen LogP contribution in [0.3, 0.4) is 0 Å². The molecule has 1 aliphatic carbocycles. The number of hydrogen-bond donors (Lipinski definition) is 1. The van der Waals surface area contributed by atoms with Crippen molar-refractivity contribution in [1.82, 2.24) is 20.2 Å². The smallest absolute Gasteiger partial charge is 0.113 e. The van der Waals surface area contributed by atoms with E-state index >= 15 is 0 Å². The van der Waals surface area contributed by atoms with Gasteiger partial charge in [0.2, 0.25) is 0 Å². The molecule has 162 valence electrons. The van der Waals surface area contributed by atoms with Crippen LogP contribution in [0.25, 0.3) is 11.0 Å². The first-order valence-corrected chi connectivity index (χ1v) is 12.0. The molecule has 6 heteroatoms. The van der Waals surface area contributed by atoms with Crippen molar-refractivity contribution in [2.24, 2.45) is 16.7 Å². The molecule has 6 rings (SSSR count). The molecule has 3 aliphatic heterocycles. The van der Waals surface area contributed by atoms with E-state index in [1.165, 1.54) is 71.2 Å². The summed E-state index contributed by atoms with van der Waals surface area (Å²) in [5, 5.41) is 13.0. The van der Waals surface area contributed by atoms with Crippen LogP contribution >= 0.6 is 0 Å². The standard InChI is InChI=1S/C25H32N6/c26-15-19-1-2-21(23-22(19)28-11-12-29-23)31-17-20(25(18-31)3-4-25)16-30-13-7-24(8-14-30)5-9-27-10-6-24/h1-2,11-12,20,27H,3-10,13-14,16-18H2. The summed E-state index contributed by atoms with van der Waals surface area (Å²) in [7, 11) is 0. The van der Waals surface area contributed by atoms with Crippen LogP contribution in [-0.2, 0) is 0 Å². The van der Waals surface area contributed by atoms with Gasteiger partial charge in [0.1, 0.15) is 17.1 Å². The van der Waals surface area contributed by atoms with E-state index < -0.39 is 0 Å². The van der Waals surface area contributed by atoms with Crippen molar-refractivity contribution < 1.29 is 0 Å². The minimum Gasteiger partial charge on any atom is -0.369 e. The molecule has 31 heavy (non-hydrogen) atoms. The summed E-state index contributed by atoms with van der Waals surface area (Å²) in [5.74, 6) is 0.733. The molecule has 6 nitrogen and oxygen atoms in total. The van der Waals surface area contributed by atoms with Gasteiger partial charge in [-0.2, -0.15) is 5.26 Å². The number of nitrogens with one attached hydrogen (secondary N) is 1. The second-order valence-electron chi connectivity index (χ2n) is 10.5. The number of aromatic nitrogens is 2. The van der Waals surface area contributed by atoms with Crippen molar-refractivity contribution in [1.29, 1.82) is 5.26 Å². The zero-order valence-corrected chi connectivity index (χ0v) is 18.3. The van der Waals surface area contributed by atoms with Gasteiger partial charge in [-0.25, -0.2) is 0 Å². The van der Waals surface area contributed by atoms with Crippen molar-refractivity contribution in [2.75, 3.05) is 50.7 Å². The van der Waals surface area contributed by atoms with E-state index in [1.54, 1.807) is 12.4 Å². The molecule has 2 spiro atoms. The lowest BCUT2D eigenvalue weighted by Gasteiger charge is -2.45. The van der Waals surface area contributed by atoms with Crippen LogP contribution in [0.1, 0.15) is 44.1 Å². The van der Waals surface area contributed by atoms with Crippen LogP contribution in [0, 0.1) is 28.1 Å². The number of likely N-dealkylation sites (tertiary alicyclic amines) is 1. The highest BCUT2D eigenvalue weighted by Crippen LogP contribution is 2.57. The minimum atomic E-state index is 0.492. The van der Waals surface area contributed by atoms with E-state index in [1.807, 2.05) is 6.07 Å². The lowest BCUT2D eigenvalue weighted by atomic mass is 9.71. The number of benzene rings is 1. The van der Waals surface area contributed by atoms with E-state index in [9.17, 15) is 5.26 Å². The van der Waals surface area contributed by atoms with E-state index in [0.717, 1.165) is 35.7 Å². The van der Waals surface area contributed by atoms with E-state index in [4.69, 9.17) is 0 Å². The largest absolute Gasteiger partial charge is 0.369 e. The van der Waals surface area contributed by atoms with Gasteiger partial charge >= 0.3 is 0 Å². The predicted molar refractivity (Wildman–Crippen MR) is 122 cm³/mol. The first-order valence-electron chi connectivity index (χ1n) is 12.0. The Kier molecular flexibility index (Phi) is 4.66. The molecule has 1 saturated carbocycles. The summed E-state index contributed by atoms with van der Waals surface area (Å²) in [6.07, 6.45) is 11.7. The Labute approximate surface area is 184 Å². The molecule has 0 bridgehead atoms. The Hall–Kier alpha value is -2.23. The topological polar surface area (TPSA) is 68.1 Å². The third-order valence-electron chi connectivity index (χ3n) is 8.83.